The molecule has 0 radical (unpaired) electrons. The van der Waals surface area contributed by atoms with Crippen LogP contribution in [0.3, 0.4) is 0 Å². The van der Waals surface area contributed by atoms with Gasteiger partial charge in [-0.3, -0.25) is 14.4 Å². The fraction of sp³-hybridized carbons (Fsp3) is 0.775. The Morgan fingerprint density at radius 2 is 0.759 bits per heavy atom. The predicted molar refractivity (Wildman–Crippen MR) is 340 cm³/mol. The number of allylic oxidation sites excluding steroid dienone is 12. The molecule has 6 atom stereocenters. The topological polar surface area (TPSA) is 175 Å². The molecule has 12 nitrogen and oxygen atoms in total. The summed E-state index contributed by atoms with van der Waals surface area (Å²) in [5.41, 5.74) is 0. The highest BCUT2D eigenvalue weighted by Gasteiger charge is 2.50. The SMILES string of the molecule is CC/C=C\C/C=C\C/C=C\C/C=C\C/C=C\CCCCCC(=O)OC1C(OCC(COC(=O)CCCCCCCCCCCCCCCCCCCCC)OC(=O)CCCCCCC/C=C\CCCCCCCC)OC(C(=O)O)C(O)C1O. The number of hydrogen-bond acceptors (Lipinski definition) is 11. The largest absolute Gasteiger partial charge is 0.479 e. The van der Waals surface area contributed by atoms with Crippen LogP contribution < -0.4 is 0 Å². The Labute approximate surface area is 506 Å². The van der Waals surface area contributed by atoms with E-state index in [9.17, 15) is 34.5 Å². The molecule has 0 saturated carbocycles. The van der Waals surface area contributed by atoms with Gasteiger partial charge in [-0.2, -0.15) is 0 Å². The van der Waals surface area contributed by atoms with E-state index in [0.717, 1.165) is 109 Å². The van der Waals surface area contributed by atoms with Gasteiger partial charge in [-0.15, -0.1) is 0 Å². The zero-order chi connectivity index (χ0) is 60.3. The summed E-state index contributed by atoms with van der Waals surface area (Å²) < 4.78 is 28.5. The molecule has 0 amide bonds. The summed E-state index contributed by atoms with van der Waals surface area (Å²) in [5, 5.41) is 31.6. The first-order chi connectivity index (χ1) is 40.6. The fourth-order valence-electron chi connectivity index (χ4n) is 10.1. The molecule has 1 rings (SSSR count). The molecule has 12 heteroatoms. The highest BCUT2D eigenvalue weighted by Crippen LogP contribution is 2.27. The molecule has 83 heavy (non-hydrogen) atoms. The maximum absolute atomic E-state index is 13.2. The summed E-state index contributed by atoms with van der Waals surface area (Å²) in [4.78, 5) is 51.4. The van der Waals surface area contributed by atoms with Crippen molar-refractivity contribution in [1.29, 1.82) is 0 Å². The van der Waals surface area contributed by atoms with Gasteiger partial charge >= 0.3 is 23.9 Å². The van der Waals surface area contributed by atoms with Crippen LogP contribution in [-0.4, -0.2) is 89.2 Å². The molecule has 0 aromatic carbocycles. The van der Waals surface area contributed by atoms with Crippen LogP contribution in [0.15, 0.2) is 72.9 Å². The molecule has 1 heterocycles. The van der Waals surface area contributed by atoms with Gasteiger partial charge in [-0.05, 0) is 89.9 Å². The number of hydrogen-bond donors (Lipinski definition) is 3. The first kappa shape index (κ1) is 77.2. The third-order valence-corrected chi connectivity index (χ3v) is 15.3. The van der Waals surface area contributed by atoms with Gasteiger partial charge in [-0.1, -0.05) is 267 Å². The zero-order valence-electron chi connectivity index (χ0n) is 52.9. The van der Waals surface area contributed by atoms with Crippen molar-refractivity contribution in [3.8, 4) is 0 Å². The second kappa shape index (κ2) is 58.5. The predicted octanol–water partition coefficient (Wildman–Crippen LogP) is 18.5. The Morgan fingerprint density at radius 1 is 0.410 bits per heavy atom. The van der Waals surface area contributed by atoms with Crippen molar-refractivity contribution in [2.45, 2.75) is 340 Å². The monoisotopic (exact) mass is 1170 g/mol. The third-order valence-electron chi connectivity index (χ3n) is 15.3. The smallest absolute Gasteiger partial charge is 0.335 e. The van der Waals surface area contributed by atoms with E-state index in [1.54, 1.807) is 0 Å². The van der Waals surface area contributed by atoms with Crippen molar-refractivity contribution >= 4 is 23.9 Å². The van der Waals surface area contributed by atoms with Gasteiger partial charge in [0.15, 0.2) is 24.6 Å². The van der Waals surface area contributed by atoms with Gasteiger partial charge in [0.05, 0.1) is 6.61 Å². The third kappa shape index (κ3) is 48.0. The number of aliphatic hydroxyl groups excluding tert-OH is 2. The van der Waals surface area contributed by atoms with Crippen molar-refractivity contribution in [2.75, 3.05) is 13.2 Å². The minimum Gasteiger partial charge on any atom is -0.479 e. The van der Waals surface area contributed by atoms with E-state index in [-0.39, 0.29) is 25.9 Å². The molecule has 1 aliphatic heterocycles. The van der Waals surface area contributed by atoms with E-state index in [1.807, 2.05) is 0 Å². The molecule has 1 fully saturated rings. The van der Waals surface area contributed by atoms with Gasteiger partial charge in [-0.25, -0.2) is 4.79 Å². The number of aliphatic hydroxyl groups is 2. The molecule has 478 valence electrons. The summed E-state index contributed by atoms with van der Waals surface area (Å²) in [6.07, 6.45) is 62.9. The molecule has 1 saturated heterocycles. The molecule has 6 unspecified atom stereocenters. The number of unbranched alkanes of at least 4 members (excludes halogenated alkanes) is 32. The number of carboxylic acids is 1. The molecular formula is C71H122O12. The normalized spacial score (nSPS) is 18.0. The lowest BCUT2D eigenvalue weighted by Crippen LogP contribution is -2.61. The van der Waals surface area contributed by atoms with Gasteiger partial charge in [0, 0.05) is 19.3 Å². The molecule has 0 bridgehead atoms. The van der Waals surface area contributed by atoms with Gasteiger partial charge in [0.25, 0.3) is 0 Å². The number of esters is 3. The number of ether oxygens (including phenoxy) is 5. The highest BCUT2D eigenvalue weighted by molar-refractivity contribution is 5.74. The van der Waals surface area contributed by atoms with Crippen molar-refractivity contribution < 1.29 is 58.2 Å². The first-order valence-corrected chi connectivity index (χ1v) is 33.9. The Bertz CT molecular complexity index is 1720. The first-order valence-electron chi connectivity index (χ1n) is 33.9. The molecule has 0 aromatic rings. The van der Waals surface area contributed by atoms with E-state index >= 15 is 0 Å². The van der Waals surface area contributed by atoms with Crippen LogP contribution in [0.1, 0.15) is 303 Å². The van der Waals surface area contributed by atoms with Gasteiger partial charge in [0.2, 0.25) is 0 Å². The lowest BCUT2D eigenvalue weighted by Gasteiger charge is -2.40. The number of aliphatic carboxylic acids is 1. The minimum atomic E-state index is -1.92. The molecule has 0 aliphatic carbocycles. The Kier molecular flexibility index (Phi) is 54.4. The van der Waals surface area contributed by atoms with Crippen LogP contribution in [-0.2, 0) is 42.9 Å². The number of carbonyl (C=O) groups excluding carboxylic acids is 3. The summed E-state index contributed by atoms with van der Waals surface area (Å²) in [6, 6.07) is 0. The fourth-order valence-corrected chi connectivity index (χ4v) is 10.1. The van der Waals surface area contributed by atoms with Crippen LogP contribution in [0.5, 0.6) is 0 Å². The van der Waals surface area contributed by atoms with E-state index < -0.39 is 67.3 Å². The molecule has 1 aliphatic rings. The maximum atomic E-state index is 13.2. The van der Waals surface area contributed by atoms with Gasteiger partial charge in [0.1, 0.15) is 18.8 Å². The van der Waals surface area contributed by atoms with Crippen molar-refractivity contribution in [2.24, 2.45) is 0 Å². The average molecular weight is 1170 g/mol. The Morgan fingerprint density at radius 3 is 1.18 bits per heavy atom. The molecule has 0 aromatic heterocycles. The lowest BCUT2D eigenvalue weighted by atomic mass is 9.98. The van der Waals surface area contributed by atoms with Crippen LogP contribution in [0.4, 0.5) is 0 Å². The van der Waals surface area contributed by atoms with E-state index in [0.29, 0.717) is 19.3 Å². The van der Waals surface area contributed by atoms with E-state index in [4.69, 9.17) is 23.7 Å². The standard InChI is InChI=1S/C71H122O12/c1-4-7-10-13-16-19-22-25-28-30-32-34-37-39-42-45-48-51-54-57-63(72)79-60-62(81-64(73)58-55-52-49-46-43-40-36-27-24-21-18-15-12-9-6-3)61-80-71-69(67(76)66(75)68(83-71)70(77)78)82-65(74)59-56-53-50-47-44-41-38-35-33-31-29-26-23-20-17-14-11-8-5-2/h8,11,17,20,26-27,29,33,35-36,41,44,62,66-69,71,75-76H,4-7,9-10,12-16,18-19,21-25,28,30-32,34,37-40,42-43,45-61H2,1-3H3,(H,77,78)/b11-8-,20-17-,29-26-,35-33-,36-27-,44-41-. The highest BCUT2D eigenvalue weighted by atomic mass is 16.7. The zero-order valence-corrected chi connectivity index (χ0v) is 52.9. The summed E-state index contributed by atoms with van der Waals surface area (Å²) in [6.45, 7) is 5.90. The summed E-state index contributed by atoms with van der Waals surface area (Å²) in [7, 11) is 0. The number of carbonyl (C=O) groups is 4. The number of rotatable bonds is 58. The van der Waals surface area contributed by atoms with Crippen LogP contribution in [0.25, 0.3) is 0 Å². The minimum absolute atomic E-state index is 0.0200. The average Bonchev–Trinajstić information content (AvgIpc) is 3.60. The van der Waals surface area contributed by atoms with Crippen LogP contribution >= 0.6 is 0 Å². The van der Waals surface area contributed by atoms with Gasteiger partial charge < -0.3 is 39.0 Å². The lowest BCUT2D eigenvalue weighted by molar-refractivity contribution is -0.301. The Hall–Kier alpha value is -3.84. The quantitative estimate of drug-likeness (QED) is 0.0228. The van der Waals surface area contributed by atoms with Crippen molar-refractivity contribution in [3.63, 3.8) is 0 Å². The van der Waals surface area contributed by atoms with Crippen LogP contribution in [0, 0.1) is 0 Å². The Balaban J connectivity index is 2.66. The van der Waals surface area contributed by atoms with Crippen molar-refractivity contribution in [3.05, 3.63) is 72.9 Å². The summed E-state index contributed by atoms with van der Waals surface area (Å²) >= 11 is 0. The van der Waals surface area contributed by atoms with Crippen molar-refractivity contribution in [1.82, 2.24) is 0 Å². The second-order valence-corrected chi connectivity index (χ2v) is 23.1. The molecular weight excluding hydrogens is 1040 g/mol. The van der Waals surface area contributed by atoms with E-state index in [1.165, 1.54) is 135 Å². The molecule has 3 N–H and O–H groups in total. The number of carboxylic acid groups (broad SMARTS) is 1. The summed E-state index contributed by atoms with van der Waals surface area (Å²) in [5.74, 6) is -3.15. The maximum Gasteiger partial charge on any atom is 0.335 e. The van der Waals surface area contributed by atoms with E-state index in [2.05, 4.69) is 93.7 Å². The van der Waals surface area contributed by atoms with Crippen LogP contribution in [0.2, 0.25) is 0 Å². The molecule has 0 spiro atoms. The second-order valence-electron chi connectivity index (χ2n) is 23.1.